The van der Waals surface area contributed by atoms with Gasteiger partial charge in [-0.2, -0.15) is 0 Å². The molecule has 0 aliphatic carbocycles. The number of rotatable bonds is 4. The molecular weight excluding hydrogens is 370 g/mol. The number of nitrogens with zero attached hydrogens (tertiary/aromatic N) is 3. The number of nitro benzene ring substituents is 1. The van der Waals surface area contributed by atoms with Crippen molar-refractivity contribution >= 4 is 34.4 Å². The zero-order valence-electron chi connectivity index (χ0n) is 15.4. The van der Waals surface area contributed by atoms with Gasteiger partial charge in [-0.3, -0.25) is 15.0 Å². The summed E-state index contributed by atoms with van der Waals surface area (Å²) in [4.78, 5) is 14.2. The number of nitro groups is 1. The van der Waals surface area contributed by atoms with Gasteiger partial charge < -0.3 is 4.48 Å². The number of hydrogen-bond donors (Lipinski definition) is 0. The second-order valence-corrected chi connectivity index (χ2v) is 8.75. The van der Waals surface area contributed by atoms with Crippen LogP contribution >= 0.6 is 23.8 Å². The molecule has 0 aromatic heterocycles. The van der Waals surface area contributed by atoms with E-state index >= 15 is 0 Å². The Morgan fingerprint density at radius 3 is 2.69 bits per heavy atom. The molecule has 0 amide bonds. The fraction of sp³-hybridized carbons (Fsp3) is 0.632. The Morgan fingerprint density at radius 1 is 1.35 bits per heavy atom. The van der Waals surface area contributed by atoms with E-state index in [1.54, 1.807) is 18.2 Å². The molecule has 2 aliphatic heterocycles. The molecule has 142 valence electrons. The second-order valence-electron chi connectivity index (χ2n) is 7.83. The normalized spacial score (nSPS) is 29.0. The van der Waals surface area contributed by atoms with Gasteiger partial charge in [0.05, 0.1) is 30.5 Å². The first-order valence-electron chi connectivity index (χ1n) is 9.32. The lowest BCUT2D eigenvalue weighted by Gasteiger charge is -2.53. The zero-order chi connectivity index (χ0) is 18.9. The molecule has 7 heteroatoms. The molecule has 0 radical (unpaired) electrons. The van der Waals surface area contributed by atoms with Crippen molar-refractivity contribution in [2.24, 2.45) is 11.8 Å². The number of alkyl halides is 1. The highest BCUT2D eigenvalue weighted by Crippen LogP contribution is 2.35. The number of hydrogen-bond acceptors (Lipinski definition) is 4. The minimum absolute atomic E-state index is 0.0811. The van der Waals surface area contributed by atoms with Gasteiger partial charge in [0.15, 0.2) is 5.50 Å². The number of benzene rings is 1. The Morgan fingerprint density at radius 2 is 2.04 bits per heavy atom. The van der Waals surface area contributed by atoms with Crippen molar-refractivity contribution in [1.29, 1.82) is 0 Å². The topological polar surface area (TPSA) is 46.4 Å². The van der Waals surface area contributed by atoms with Crippen LogP contribution in [0.3, 0.4) is 0 Å². The lowest BCUT2D eigenvalue weighted by molar-refractivity contribution is -0.949. The molecule has 26 heavy (non-hydrogen) atoms. The van der Waals surface area contributed by atoms with Crippen molar-refractivity contribution in [3.63, 3.8) is 0 Å². The first-order chi connectivity index (χ1) is 12.3. The van der Waals surface area contributed by atoms with Crippen molar-refractivity contribution in [2.45, 2.75) is 25.8 Å². The highest BCUT2D eigenvalue weighted by molar-refractivity contribution is 7.80. The quantitative estimate of drug-likeness (QED) is 0.195. The van der Waals surface area contributed by atoms with E-state index in [2.05, 4.69) is 18.7 Å². The third-order valence-corrected chi connectivity index (χ3v) is 7.64. The maximum absolute atomic E-state index is 10.9. The molecule has 1 spiro atoms. The molecule has 0 bridgehead atoms. The van der Waals surface area contributed by atoms with Gasteiger partial charge in [-0.1, -0.05) is 49.8 Å². The van der Waals surface area contributed by atoms with Crippen LogP contribution in [0.15, 0.2) is 24.3 Å². The first-order valence-corrected chi connectivity index (χ1v) is 10.2. The van der Waals surface area contributed by atoms with E-state index in [1.165, 1.54) is 0 Å². The standard InChI is InChI=1S/C19H27ClN3O2S/c1-14-13-23(19(20)15(2)18(14)26)10-8-21(9-11-23)7-6-16-4-3-5-17(12-16)22(24)25/h3-5,12,14-15,19H,6-11,13H2,1-2H3/q+1. The van der Waals surface area contributed by atoms with Crippen molar-refractivity contribution < 1.29 is 9.41 Å². The maximum atomic E-state index is 10.9. The molecule has 3 unspecified atom stereocenters. The lowest BCUT2D eigenvalue weighted by Crippen LogP contribution is -2.69. The van der Waals surface area contributed by atoms with Crippen molar-refractivity contribution in [3.05, 3.63) is 39.9 Å². The van der Waals surface area contributed by atoms with Crippen LogP contribution in [0, 0.1) is 22.0 Å². The molecule has 0 saturated carbocycles. The third kappa shape index (κ3) is 3.93. The summed E-state index contributed by atoms with van der Waals surface area (Å²) in [5.41, 5.74) is 1.27. The molecular formula is C19H27ClN3O2S+. The lowest BCUT2D eigenvalue weighted by atomic mass is 9.88. The van der Waals surface area contributed by atoms with Gasteiger partial charge in [0.2, 0.25) is 0 Å². The van der Waals surface area contributed by atoms with Crippen LogP contribution in [-0.2, 0) is 6.42 Å². The molecule has 2 aliphatic rings. The first kappa shape index (κ1) is 19.7. The van der Waals surface area contributed by atoms with Crippen LogP contribution in [0.5, 0.6) is 0 Å². The minimum atomic E-state index is -0.331. The summed E-state index contributed by atoms with van der Waals surface area (Å²) < 4.78 is 0.970. The van der Waals surface area contributed by atoms with Gasteiger partial charge in [0.25, 0.3) is 5.69 Å². The smallest absolute Gasteiger partial charge is 0.269 e. The SMILES string of the molecule is CC1C[N+]2(CCN(CCc3cccc([N+](=O)[O-])c3)CC2)C(Cl)C(C)C1=S. The summed E-state index contributed by atoms with van der Waals surface area (Å²) in [6.45, 7) is 10.5. The highest BCUT2D eigenvalue weighted by Gasteiger charge is 2.48. The third-order valence-electron chi connectivity index (χ3n) is 6.07. The number of non-ortho nitro benzene ring substituents is 1. The molecule has 5 nitrogen and oxygen atoms in total. The maximum Gasteiger partial charge on any atom is 0.269 e. The predicted octanol–water partition coefficient (Wildman–Crippen LogP) is 3.49. The number of piperazine rings is 1. The van der Waals surface area contributed by atoms with Gasteiger partial charge in [-0.15, -0.1) is 0 Å². The van der Waals surface area contributed by atoms with Gasteiger partial charge >= 0.3 is 0 Å². The van der Waals surface area contributed by atoms with Crippen molar-refractivity contribution in [2.75, 3.05) is 39.3 Å². The number of halogens is 1. The number of piperidine rings is 1. The Kier molecular flexibility index (Phi) is 5.97. The zero-order valence-corrected chi connectivity index (χ0v) is 17.0. The van der Waals surface area contributed by atoms with Gasteiger partial charge in [-0.25, -0.2) is 0 Å². The average Bonchev–Trinajstić information content (AvgIpc) is 2.64. The molecule has 2 saturated heterocycles. The largest absolute Gasteiger partial charge is 0.305 e. The molecule has 2 heterocycles. The van der Waals surface area contributed by atoms with Crippen LogP contribution in [0.4, 0.5) is 5.69 Å². The summed E-state index contributed by atoms with van der Waals surface area (Å²) in [5, 5.41) is 10.9. The Balaban J connectivity index is 1.56. The summed E-state index contributed by atoms with van der Waals surface area (Å²) in [6.07, 6.45) is 0.836. The van der Waals surface area contributed by atoms with Crippen LogP contribution < -0.4 is 0 Å². The summed E-state index contributed by atoms with van der Waals surface area (Å²) >= 11 is 12.4. The van der Waals surface area contributed by atoms with E-state index < -0.39 is 0 Å². The Hall–Kier alpha value is -1.08. The van der Waals surface area contributed by atoms with E-state index in [0.717, 1.165) is 60.6 Å². The average molecular weight is 397 g/mol. The molecule has 1 aromatic carbocycles. The predicted molar refractivity (Wildman–Crippen MR) is 109 cm³/mol. The van der Waals surface area contributed by atoms with Crippen LogP contribution in [0.25, 0.3) is 0 Å². The Bertz CT molecular complexity index is 691. The van der Waals surface area contributed by atoms with E-state index in [-0.39, 0.29) is 22.0 Å². The Labute approximate surface area is 165 Å². The van der Waals surface area contributed by atoms with Crippen LogP contribution in [0.2, 0.25) is 0 Å². The fourth-order valence-electron chi connectivity index (χ4n) is 4.47. The van der Waals surface area contributed by atoms with E-state index in [1.807, 2.05) is 6.07 Å². The molecule has 3 atom stereocenters. The van der Waals surface area contributed by atoms with E-state index in [4.69, 9.17) is 23.8 Å². The van der Waals surface area contributed by atoms with Gasteiger partial charge in [0, 0.05) is 42.5 Å². The minimum Gasteiger partial charge on any atom is -0.305 e. The molecule has 0 N–H and O–H groups in total. The van der Waals surface area contributed by atoms with Crippen molar-refractivity contribution in [1.82, 2.24) is 4.90 Å². The fourth-order valence-corrected chi connectivity index (χ4v) is 5.15. The van der Waals surface area contributed by atoms with Crippen LogP contribution in [0.1, 0.15) is 19.4 Å². The number of quaternary nitrogens is 1. The van der Waals surface area contributed by atoms with Crippen molar-refractivity contribution in [3.8, 4) is 0 Å². The second kappa shape index (κ2) is 7.89. The summed E-state index contributed by atoms with van der Waals surface area (Å²) in [5.74, 6) is 0.734. The molecule has 1 aromatic rings. The van der Waals surface area contributed by atoms with Gasteiger partial charge in [0.1, 0.15) is 0 Å². The number of thiocarbonyl (C=S) groups is 1. The summed E-state index contributed by atoms with van der Waals surface area (Å²) in [6, 6.07) is 6.96. The monoisotopic (exact) mass is 396 g/mol. The van der Waals surface area contributed by atoms with Gasteiger partial charge in [-0.05, 0) is 12.0 Å². The highest BCUT2D eigenvalue weighted by atomic mass is 35.5. The van der Waals surface area contributed by atoms with E-state index in [0.29, 0.717) is 5.92 Å². The molecule has 3 rings (SSSR count). The van der Waals surface area contributed by atoms with Crippen LogP contribution in [-0.4, -0.2) is 63.9 Å². The molecule has 2 fully saturated rings. The summed E-state index contributed by atoms with van der Waals surface area (Å²) in [7, 11) is 0. The van der Waals surface area contributed by atoms with E-state index in [9.17, 15) is 10.1 Å².